The SMILES string of the molecule is CC(C)c1ccc(S(=O)(=O)NCCCCCCNCc2ccc(Br)cc2)cc1. The largest absolute Gasteiger partial charge is 0.313 e. The van der Waals surface area contributed by atoms with E-state index in [1.807, 2.05) is 12.1 Å². The number of benzene rings is 2. The molecule has 0 saturated carbocycles. The highest BCUT2D eigenvalue weighted by Gasteiger charge is 2.13. The van der Waals surface area contributed by atoms with E-state index in [1.54, 1.807) is 12.1 Å². The van der Waals surface area contributed by atoms with Crippen molar-refractivity contribution >= 4 is 26.0 Å². The van der Waals surface area contributed by atoms with E-state index in [9.17, 15) is 8.42 Å². The molecule has 0 saturated heterocycles. The van der Waals surface area contributed by atoms with Crippen molar-refractivity contribution in [3.05, 3.63) is 64.1 Å². The summed E-state index contributed by atoms with van der Waals surface area (Å²) in [6.45, 7) is 6.53. The molecule has 2 aromatic rings. The lowest BCUT2D eigenvalue weighted by Gasteiger charge is -2.09. The number of hydrogen-bond donors (Lipinski definition) is 2. The summed E-state index contributed by atoms with van der Waals surface area (Å²) in [5.74, 6) is 0.397. The van der Waals surface area contributed by atoms with Crippen molar-refractivity contribution in [1.29, 1.82) is 0 Å². The number of sulfonamides is 1. The first kappa shape index (κ1) is 23.1. The van der Waals surface area contributed by atoms with Gasteiger partial charge in [0.25, 0.3) is 0 Å². The van der Waals surface area contributed by atoms with Crippen LogP contribution in [0.5, 0.6) is 0 Å². The lowest BCUT2D eigenvalue weighted by atomic mass is 10.0. The standard InChI is InChI=1S/C22H31BrN2O2S/c1-18(2)20-9-13-22(14-10-20)28(26,27)25-16-6-4-3-5-15-24-17-19-7-11-21(23)12-8-19/h7-14,18,24-25H,3-6,15-17H2,1-2H3. The molecule has 0 amide bonds. The van der Waals surface area contributed by atoms with Gasteiger partial charge in [0, 0.05) is 17.6 Å². The predicted molar refractivity (Wildman–Crippen MR) is 120 cm³/mol. The van der Waals surface area contributed by atoms with Gasteiger partial charge in [-0.15, -0.1) is 0 Å². The fraction of sp³-hybridized carbons (Fsp3) is 0.455. The monoisotopic (exact) mass is 466 g/mol. The molecule has 4 nitrogen and oxygen atoms in total. The highest BCUT2D eigenvalue weighted by Crippen LogP contribution is 2.17. The summed E-state index contributed by atoms with van der Waals surface area (Å²) in [6, 6.07) is 15.5. The summed E-state index contributed by atoms with van der Waals surface area (Å²) >= 11 is 3.44. The van der Waals surface area contributed by atoms with Crippen LogP contribution >= 0.6 is 15.9 Å². The van der Waals surface area contributed by atoms with Gasteiger partial charge in [-0.2, -0.15) is 0 Å². The second-order valence-corrected chi connectivity index (χ2v) is 10.0. The van der Waals surface area contributed by atoms with E-state index in [-0.39, 0.29) is 0 Å². The Labute approximate surface area is 178 Å². The van der Waals surface area contributed by atoms with Crippen molar-refractivity contribution < 1.29 is 8.42 Å². The molecule has 2 N–H and O–H groups in total. The van der Waals surface area contributed by atoms with E-state index in [4.69, 9.17) is 0 Å². The van der Waals surface area contributed by atoms with Crippen LogP contribution in [0.3, 0.4) is 0 Å². The fourth-order valence-electron chi connectivity index (χ4n) is 2.89. The molecule has 6 heteroatoms. The molecule has 0 atom stereocenters. The van der Waals surface area contributed by atoms with Crippen molar-refractivity contribution in [2.45, 2.75) is 56.9 Å². The Balaban J connectivity index is 1.56. The van der Waals surface area contributed by atoms with Gasteiger partial charge in [-0.05, 0) is 60.7 Å². The third kappa shape index (κ3) is 8.03. The number of nitrogens with one attached hydrogen (secondary N) is 2. The smallest absolute Gasteiger partial charge is 0.240 e. The lowest BCUT2D eigenvalue weighted by Crippen LogP contribution is -2.24. The van der Waals surface area contributed by atoms with Crippen molar-refractivity contribution in [2.75, 3.05) is 13.1 Å². The molecule has 0 bridgehead atoms. The van der Waals surface area contributed by atoms with E-state index in [0.717, 1.165) is 48.8 Å². The number of rotatable bonds is 12. The first-order valence-corrected chi connectivity index (χ1v) is 12.2. The predicted octanol–water partition coefficient (Wildman–Crippen LogP) is 5.20. The van der Waals surface area contributed by atoms with Crippen LogP contribution in [0.4, 0.5) is 0 Å². The zero-order valence-electron chi connectivity index (χ0n) is 16.7. The molecule has 2 rings (SSSR count). The molecule has 0 fully saturated rings. The molecule has 2 aromatic carbocycles. The van der Waals surface area contributed by atoms with E-state index < -0.39 is 10.0 Å². The minimum absolute atomic E-state index is 0.342. The zero-order valence-corrected chi connectivity index (χ0v) is 19.2. The molecular formula is C22H31BrN2O2S. The van der Waals surface area contributed by atoms with Crippen LogP contribution in [0.1, 0.15) is 56.6 Å². The average molecular weight is 467 g/mol. The maximum atomic E-state index is 12.3. The molecule has 0 radical (unpaired) electrons. The number of unbranched alkanes of at least 4 members (excludes halogenated alkanes) is 3. The van der Waals surface area contributed by atoms with Crippen LogP contribution in [0.2, 0.25) is 0 Å². The van der Waals surface area contributed by atoms with Crippen LogP contribution in [-0.4, -0.2) is 21.5 Å². The van der Waals surface area contributed by atoms with Gasteiger partial charge in [0.1, 0.15) is 0 Å². The molecule has 28 heavy (non-hydrogen) atoms. The Morgan fingerprint density at radius 1 is 0.857 bits per heavy atom. The summed E-state index contributed by atoms with van der Waals surface area (Å²) in [4.78, 5) is 0.342. The molecule has 0 spiro atoms. The topological polar surface area (TPSA) is 58.2 Å². The summed E-state index contributed by atoms with van der Waals surface area (Å²) < 4.78 is 28.4. The lowest BCUT2D eigenvalue weighted by molar-refractivity contribution is 0.563. The van der Waals surface area contributed by atoms with E-state index in [2.05, 4.69) is 64.1 Å². The van der Waals surface area contributed by atoms with Gasteiger partial charge < -0.3 is 5.32 Å². The van der Waals surface area contributed by atoms with E-state index >= 15 is 0 Å². The van der Waals surface area contributed by atoms with E-state index in [0.29, 0.717) is 17.4 Å². The van der Waals surface area contributed by atoms with Crippen LogP contribution < -0.4 is 10.0 Å². The number of hydrogen-bond acceptors (Lipinski definition) is 3. The van der Waals surface area contributed by atoms with Crippen LogP contribution in [0.25, 0.3) is 0 Å². The highest BCUT2D eigenvalue weighted by atomic mass is 79.9. The maximum absolute atomic E-state index is 12.3. The molecule has 0 aliphatic rings. The molecule has 0 aliphatic carbocycles. The van der Waals surface area contributed by atoms with Crippen molar-refractivity contribution in [1.82, 2.24) is 10.0 Å². The second-order valence-electron chi connectivity index (χ2n) is 7.34. The average Bonchev–Trinajstić information content (AvgIpc) is 2.68. The van der Waals surface area contributed by atoms with Gasteiger partial charge in [0.2, 0.25) is 10.0 Å². The maximum Gasteiger partial charge on any atom is 0.240 e. The van der Waals surface area contributed by atoms with E-state index in [1.165, 1.54) is 5.56 Å². The third-order valence-corrected chi connectivity index (χ3v) is 6.68. The van der Waals surface area contributed by atoms with Gasteiger partial charge in [-0.25, -0.2) is 13.1 Å². The van der Waals surface area contributed by atoms with Crippen LogP contribution in [0, 0.1) is 0 Å². The Kier molecular flexibility index (Phi) is 9.65. The zero-order chi connectivity index (χ0) is 20.4. The molecule has 0 aromatic heterocycles. The van der Waals surface area contributed by atoms with Crippen molar-refractivity contribution in [2.24, 2.45) is 0 Å². The third-order valence-electron chi connectivity index (χ3n) is 4.67. The van der Waals surface area contributed by atoms with Crippen molar-refractivity contribution in [3.63, 3.8) is 0 Å². The van der Waals surface area contributed by atoms with Crippen LogP contribution in [0.15, 0.2) is 57.9 Å². The van der Waals surface area contributed by atoms with Crippen LogP contribution in [-0.2, 0) is 16.6 Å². The molecule has 154 valence electrons. The number of halogens is 1. The molecule has 0 aliphatic heterocycles. The Morgan fingerprint density at radius 3 is 2.07 bits per heavy atom. The van der Waals surface area contributed by atoms with Crippen molar-refractivity contribution in [3.8, 4) is 0 Å². The Bertz CT molecular complexity index is 803. The summed E-state index contributed by atoms with van der Waals surface area (Å²) in [6.07, 6.45) is 4.07. The Morgan fingerprint density at radius 2 is 1.46 bits per heavy atom. The minimum atomic E-state index is -3.40. The molecular weight excluding hydrogens is 436 g/mol. The highest BCUT2D eigenvalue weighted by molar-refractivity contribution is 9.10. The summed E-state index contributed by atoms with van der Waals surface area (Å²) in [7, 11) is -3.40. The van der Waals surface area contributed by atoms with Gasteiger partial charge in [0.15, 0.2) is 0 Å². The Hall–Kier alpha value is -1.21. The summed E-state index contributed by atoms with van der Waals surface area (Å²) in [5.41, 5.74) is 2.42. The molecule has 0 heterocycles. The van der Waals surface area contributed by atoms with Gasteiger partial charge in [0.05, 0.1) is 4.90 Å². The first-order chi connectivity index (χ1) is 13.4. The normalized spacial score (nSPS) is 11.9. The minimum Gasteiger partial charge on any atom is -0.313 e. The summed E-state index contributed by atoms with van der Waals surface area (Å²) in [5, 5.41) is 3.44. The van der Waals surface area contributed by atoms with Gasteiger partial charge in [-0.1, -0.05) is 66.9 Å². The molecule has 0 unspecified atom stereocenters. The van der Waals surface area contributed by atoms with Gasteiger partial charge >= 0.3 is 0 Å². The fourth-order valence-corrected chi connectivity index (χ4v) is 4.22. The second kappa shape index (κ2) is 11.7. The van der Waals surface area contributed by atoms with Gasteiger partial charge in [-0.3, -0.25) is 0 Å². The quantitative estimate of drug-likeness (QED) is 0.422. The first-order valence-electron chi connectivity index (χ1n) is 9.93.